The highest BCUT2D eigenvalue weighted by Crippen LogP contribution is 2.19. The summed E-state index contributed by atoms with van der Waals surface area (Å²) in [4.78, 5) is 3.04. The second-order valence-electron chi connectivity index (χ2n) is 2.48. The first-order valence-electron chi connectivity index (χ1n) is 3.62. The van der Waals surface area contributed by atoms with E-state index in [1.165, 1.54) is 12.1 Å². The van der Waals surface area contributed by atoms with Crippen molar-refractivity contribution in [2.45, 2.75) is 6.42 Å². The topological polar surface area (TPSA) is 4.36 Å². The van der Waals surface area contributed by atoms with Gasteiger partial charge in [-0.1, -0.05) is 15.9 Å². The molecule has 13 heavy (non-hydrogen) atoms. The van der Waals surface area contributed by atoms with E-state index in [0.29, 0.717) is 4.47 Å². The highest BCUT2D eigenvalue weighted by Gasteiger charge is 2.10. The minimum Gasteiger partial charge on any atom is -0.317 e. The van der Waals surface area contributed by atoms with Crippen LogP contribution in [0.2, 0.25) is 0 Å². The second kappa shape index (κ2) is 4.33. The predicted molar refractivity (Wildman–Crippen MR) is 49.2 cm³/mol. The van der Waals surface area contributed by atoms with Gasteiger partial charge in [-0.05, 0) is 12.1 Å². The molecule has 0 saturated carbocycles. The summed E-state index contributed by atoms with van der Waals surface area (Å²) in [6.07, 6.45) is 0.119. The molecular weight excluding hydrogens is 240 g/mol. The molecule has 1 aromatic rings. The van der Waals surface area contributed by atoms with Gasteiger partial charge in [0.1, 0.15) is 11.6 Å². The lowest BCUT2D eigenvalue weighted by molar-refractivity contribution is 0.556. The Labute approximate surface area is 83.3 Å². The summed E-state index contributed by atoms with van der Waals surface area (Å²) in [5, 5.41) is 0. The number of hydrogen-bond acceptors (Lipinski definition) is 0. The number of benzene rings is 1. The molecule has 0 radical (unpaired) electrons. The second-order valence-corrected chi connectivity index (χ2v) is 3.40. The molecule has 0 aliphatic carbocycles. The number of rotatable bonds is 2. The van der Waals surface area contributed by atoms with Crippen LogP contribution in [0.3, 0.4) is 0 Å². The van der Waals surface area contributed by atoms with Gasteiger partial charge in [-0.25, -0.2) is 15.4 Å². The lowest BCUT2D eigenvalue weighted by atomic mass is 10.1. The van der Waals surface area contributed by atoms with E-state index in [9.17, 15) is 8.78 Å². The summed E-state index contributed by atoms with van der Waals surface area (Å²) in [5.41, 5.74) is -0.0146. The minimum atomic E-state index is -0.601. The SMILES string of the molecule is [C-]#[N+]CCc1c(F)cc(Br)cc1F. The molecule has 4 heteroatoms. The molecule has 0 atom stereocenters. The van der Waals surface area contributed by atoms with Crippen molar-refractivity contribution < 1.29 is 8.78 Å². The van der Waals surface area contributed by atoms with Crippen LogP contribution in [0.4, 0.5) is 8.78 Å². The third-order valence-corrected chi connectivity index (χ3v) is 2.04. The monoisotopic (exact) mass is 245 g/mol. The van der Waals surface area contributed by atoms with Gasteiger partial charge in [0.25, 0.3) is 0 Å². The standard InChI is InChI=1S/C9H6BrF2N/c1-13-3-2-7-8(11)4-6(10)5-9(7)12/h4-5H,2-3H2. The third kappa shape index (κ3) is 2.49. The summed E-state index contributed by atoms with van der Waals surface area (Å²) in [6, 6.07) is 2.39. The van der Waals surface area contributed by atoms with E-state index in [1.54, 1.807) is 0 Å². The smallest absolute Gasteiger partial charge is 0.218 e. The van der Waals surface area contributed by atoms with Crippen LogP contribution in [-0.4, -0.2) is 6.54 Å². The number of hydrogen-bond donors (Lipinski definition) is 0. The Morgan fingerprint density at radius 3 is 2.31 bits per heavy atom. The van der Waals surface area contributed by atoms with Crippen LogP contribution in [0, 0.1) is 18.2 Å². The van der Waals surface area contributed by atoms with Crippen LogP contribution in [0.25, 0.3) is 4.85 Å². The Balaban J connectivity index is 3.00. The molecule has 0 aliphatic rings. The van der Waals surface area contributed by atoms with Crippen LogP contribution in [0.5, 0.6) is 0 Å². The zero-order valence-corrected chi connectivity index (χ0v) is 8.24. The van der Waals surface area contributed by atoms with E-state index in [0.717, 1.165) is 0 Å². The molecule has 0 unspecified atom stereocenters. The Kier molecular flexibility index (Phi) is 3.38. The van der Waals surface area contributed by atoms with Crippen molar-refractivity contribution in [3.05, 3.63) is 45.2 Å². The zero-order chi connectivity index (χ0) is 9.84. The van der Waals surface area contributed by atoms with Crippen molar-refractivity contribution >= 4 is 15.9 Å². The quantitative estimate of drug-likeness (QED) is 0.706. The summed E-state index contributed by atoms with van der Waals surface area (Å²) in [6.45, 7) is 6.61. The Bertz CT molecular complexity index is 334. The maximum Gasteiger partial charge on any atom is 0.218 e. The molecule has 0 amide bonds. The average molecular weight is 246 g/mol. The van der Waals surface area contributed by atoms with Crippen molar-refractivity contribution in [1.82, 2.24) is 0 Å². The Morgan fingerprint density at radius 2 is 1.85 bits per heavy atom. The van der Waals surface area contributed by atoms with E-state index >= 15 is 0 Å². The molecular formula is C9H6BrF2N. The fourth-order valence-electron chi connectivity index (χ4n) is 0.979. The van der Waals surface area contributed by atoms with Crippen molar-refractivity contribution in [2.24, 2.45) is 0 Å². The Morgan fingerprint density at radius 1 is 1.31 bits per heavy atom. The zero-order valence-electron chi connectivity index (χ0n) is 6.65. The molecule has 0 aliphatic heterocycles. The van der Waals surface area contributed by atoms with Crippen molar-refractivity contribution in [3.63, 3.8) is 0 Å². The highest BCUT2D eigenvalue weighted by atomic mass is 79.9. The van der Waals surface area contributed by atoms with E-state index in [1.807, 2.05) is 0 Å². The first-order valence-corrected chi connectivity index (χ1v) is 4.41. The maximum atomic E-state index is 13.1. The summed E-state index contributed by atoms with van der Waals surface area (Å²) in [5.74, 6) is -1.20. The maximum absolute atomic E-state index is 13.1. The third-order valence-electron chi connectivity index (χ3n) is 1.58. The van der Waals surface area contributed by atoms with Crippen LogP contribution in [0.1, 0.15) is 5.56 Å². The predicted octanol–water partition coefficient (Wildman–Crippen LogP) is 3.19. The highest BCUT2D eigenvalue weighted by molar-refractivity contribution is 9.10. The van der Waals surface area contributed by atoms with Gasteiger partial charge in [-0.2, -0.15) is 0 Å². The van der Waals surface area contributed by atoms with Gasteiger partial charge in [0, 0.05) is 10.0 Å². The van der Waals surface area contributed by atoms with Gasteiger partial charge in [0.05, 0.1) is 6.42 Å². The van der Waals surface area contributed by atoms with E-state index in [4.69, 9.17) is 6.57 Å². The van der Waals surface area contributed by atoms with E-state index in [-0.39, 0.29) is 18.5 Å². The molecule has 68 valence electrons. The van der Waals surface area contributed by atoms with Gasteiger partial charge >= 0.3 is 0 Å². The van der Waals surface area contributed by atoms with Crippen molar-refractivity contribution in [1.29, 1.82) is 0 Å². The summed E-state index contributed by atoms with van der Waals surface area (Å²) < 4.78 is 26.5. The molecule has 0 spiro atoms. The van der Waals surface area contributed by atoms with Gasteiger partial charge in [-0.15, -0.1) is 0 Å². The van der Waals surface area contributed by atoms with Crippen molar-refractivity contribution in [2.75, 3.05) is 6.54 Å². The van der Waals surface area contributed by atoms with E-state index < -0.39 is 11.6 Å². The molecule has 1 nitrogen and oxygen atoms in total. The number of halogens is 3. The summed E-state index contributed by atoms with van der Waals surface area (Å²) >= 11 is 2.97. The Hall–Kier alpha value is -0.950. The first-order chi connectivity index (χ1) is 6.15. The normalized spacial score (nSPS) is 9.69. The van der Waals surface area contributed by atoms with Gasteiger partial charge in [0.15, 0.2) is 0 Å². The lowest BCUT2D eigenvalue weighted by Crippen LogP contribution is -1.97. The molecule has 0 saturated heterocycles. The lowest BCUT2D eigenvalue weighted by Gasteiger charge is -2.01. The fourth-order valence-corrected chi connectivity index (χ4v) is 1.38. The van der Waals surface area contributed by atoms with Crippen LogP contribution in [-0.2, 0) is 6.42 Å². The van der Waals surface area contributed by atoms with Gasteiger partial charge in [0.2, 0.25) is 6.54 Å². The molecule has 0 aromatic heterocycles. The minimum absolute atomic E-state index is 0.0146. The molecule has 0 N–H and O–H groups in total. The molecule has 0 heterocycles. The van der Waals surface area contributed by atoms with Gasteiger partial charge < -0.3 is 4.85 Å². The molecule has 1 rings (SSSR count). The summed E-state index contributed by atoms with van der Waals surface area (Å²) in [7, 11) is 0. The van der Waals surface area contributed by atoms with Crippen molar-refractivity contribution in [3.8, 4) is 0 Å². The average Bonchev–Trinajstić information content (AvgIpc) is 2.02. The fraction of sp³-hybridized carbons (Fsp3) is 0.222. The largest absolute Gasteiger partial charge is 0.317 e. The molecule has 0 fully saturated rings. The molecule has 1 aromatic carbocycles. The molecule has 0 bridgehead atoms. The first kappa shape index (κ1) is 10.1. The van der Waals surface area contributed by atoms with Gasteiger partial charge in [-0.3, -0.25) is 0 Å². The van der Waals surface area contributed by atoms with Crippen LogP contribution >= 0.6 is 15.9 Å². The number of nitrogens with zero attached hydrogens (tertiary/aromatic N) is 1. The van der Waals surface area contributed by atoms with Crippen LogP contribution in [0.15, 0.2) is 16.6 Å². The van der Waals surface area contributed by atoms with Crippen LogP contribution < -0.4 is 0 Å². The van der Waals surface area contributed by atoms with E-state index in [2.05, 4.69) is 20.8 Å².